The highest BCUT2D eigenvalue weighted by Gasteiger charge is 2.04. The third-order valence-electron chi connectivity index (χ3n) is 3.56. The summed E-state index contributed by atoms with van der Waals surface area (Å²) >= 11 is 0. The molecule has 0 saturated carbocycles. The molecule has 0 aromatic heterocycles. The summed E-state index contributed by atoms with van der Waals surface area (Å²) in [6, 6.07) is 28.7. The number of allylic oxidation sites excluding steroid dienone is 1. The van der Waals surface area contributed by atoms with Crippen molar-refractivity contribution in [3.63, 3.8) is 0 Å². The van der Waals surface area contributed by atoms with Gasteiger partial charge < -0.3 is 0 Å². The van der Waals surface area contributed by atoms with Gasteiger partial charge in [0.25, 0.3) is 0 Å². The summed E-state index contributed by atoms with van der Waals surface area (Å²) in [7, 11) is 0. The molecule has 0 radical (unpaired) electrons. The van der Waals surface area contributed by atoms with Crippen molar-refractivity contribution in [1.29, 1.82) is 0 Å². The molecule has 0 aliphatic heterocycles. The van der Waals surface area contributed by atoms with E-state index in [1.807, 2.05) is 91.0 Å². The van der Waals surface area contributed by atoms with Crippen LogP contribution in [0.3, 0.4) is 0 Å². The zero-order chi connectivity index (χ0) is 18.0. The number of hydrogen-bond donors (Lipinski definition) is 0. The first-order chi connectivity index (χ1) is 12.8. The second-order valence-corrected chi connectivity index (χ2v) is 5.53. The third-order valence-corrected chi connectivity index (χ3v) is 3.56. The Bertz CT molecular complexity index is 1020. The number of rotatable bonds is 2. The van der Waals surface area contributed by atoms with Crippen molar-refractivity contribution < 1.29 is 4.79 Å². The van der Waals surface area contributed by atoms with E-state index >= 15 is 0 Å². The Morgan fingerprint density at radius 1 is 0.615 bits per heavy atom. The van der Waals surface area contributed by atoms with E-state index in [4.69, 9.17) is 0 Å². The first kappa shape index (κ1) is 17.0. The maximum absolute atomic E-state index is 12.6. The van der Waals surface area contributed by atoms with Crippen LogP contribution in [0.15, 0.2) is 96.6 Å². The highest BCUT2D eigenvalue weighted by atomic mass is 16.1. The molecular weight excluding hydrogens is 316 g/mol. The van der Waals surface area contributed by atoms with Gasteiger partial charge in [0.15, 0.2) is 0 Å². The summed E-state index contributed by atoms with van der Waals surface area (Å²) in [6.07, 6.45) is 1.78. The van der Waals surface area contributed by atoms with E-state index in [0.717, 1.165) is 16.7 Å². The van der Waals surface area contributed by atoms with Crippen LogP contribution in [0.5, 0.6) is 0 Å². The quantitative estimate of drug-likeness (QED) is 0.489. The van der Waals surface area contributed by atoms with Crippen molar-refractivity contribution >= 4 is 11.9 Å². The van der Waals surface area contributed by atoms with Crippen molar-refractivity contribution in [1.82, 2.24) is 0 Å². The molecule has 122 valence electrons. The van der Waals surface area contributed by atoms with Crippen LogP contribution in [0.25, 0.3) is 6.08 Å². The number of carbonyl (C=O) groups excluding carboxylic acids is 1. The average Bonchev–Trinajstić information content (AvgIpc) is 2.71. The first-order valence-corrected chi connectivity index (χ1v) is 8.26. The van der Waals surface area contributed by atoms with Crippen LogP contribution in [0.1, 0.15) is 16.7 Å². The van der Waals surface area contributed by atoms with Crippen LogP contribution in [0, 0.1) is 23.7 Å². The van der Waals surface area contributed by atoms with Crippen LogP contribution in [0.4, 0.5) is 0 Å². The fraction of sp³-hybridized carbons (Fsp3) is 0. The minimum Gasteiger partial charge on any atom is -0.278 e. The number of ketones is 1. The van der Waals surface area contributed by atoms with Crippen molar-refractivity contribution in [3.05, 3.63) is 113 Å². The summed E-state index contributed by atoms with van der Waals surface area (Å²) in [5.74, 6) is 11.3. The summed E-state index contributed by atoms with van der Waals surface area (Å²) in [5.41, 5.74) is 2.95. The summed E-state index contributed by atoms with van der Waals surface area (Å²) < 4.78 is 0. The van der Waals surface area contributed by atoms with Gasteiger partial charge in [0.05, 0.1) is 5.57 Å². The molecule has 0 bridgehead atoms. The van der Waals surface area contributed by atoms with Gasteiger partial charge in [-0.25, -0.2) is 0 Å². The maximum atomic E-state index is 12.6. The molecule has 0 saturated heterocycles. The Kier molecular flexibility index (Phi) is 5.81. The van der Waals surface area contributed by atoms with Gasteiger partial charge >= 0.3 is 0 Å². The Labute approximate surface area is 154 Å². The molecule has 0 heterocycles. The molecule has 0 spiro atoms. The van der Waals surface area contributed by atoms with Crippen LogP contribution < -0.4 is 0 Å². The molecule has 3 rings (SSSR count). The largest absolute Gasteiger partial charge is 0.278 e. The lowest BCUT2D eigenvalue weighted by atomic mass is 10.1. The van der Waals surface area contributed by atoms with Gasteiger partial charge in [0.2, 0.25) is 5.78 Å². The minimum absolute atomic E-state index is 0.291. The van der Waals surface area contributed by atoms with E-state index < -0.39 is 0 Å². The Balaban J connectivity index is 1.93. The van der Waals surface area contributed by atoms with Gasteiger partial charge in [-0.3, -0.25) is 4.79 Å². The molecule has 0 N–H and O–H groups in total. The molecule has 0 aliphatic carbocycles. The second-order valence-electron chi connectivity index (χ2n) is 5.53. The summed E-state index contributed by atoms with van der Waals surface area (Å²) in [6.45, 7) is 0. The van der Waals surface area contributed by atoms with Gasteiger partial charge in [-0.15, -0.1) is 0 Å². The zero-order valence-corrected chi connectivity index (χ0v) is 14.1. The van der Waals surface area contributed by atoms with Gasteiger partial charge in [0.1, 0.15) is 0 Å². The molecule has 0 amide bonds. The number of benzene rings is 3. The smallest absolute Gasteiger partial charge is 0.244 e. The van der Waals surface area contributed by atoms with Crippen LogP contribution in [-0.4, -0.2) is 5.78 Å². The lowest BCUT2D eigenvalue weighted by Crippen LogP contribution is -1.97. The third kappa shape index (κ3) is 5.10. The number of carbonyl (C=O) groups is 1. The van der Waals surface area contributed by atoms with E-state index in [-0.39, 0.29) is 5.78 Å². The van der Waals surface area contributed by atoms with Crippen LogP contribution >= 0.6 is 0 Å². The molecule has 0 aliphatic rings. The normalized spacial score (nSPS) is 10.1. The lowest BCUT2D eigenvalue weighted by Gasteiger charge is -1.95. The van der Waals surface area contributed by atoms with Gasteiger partial charge in [-0.1, -0.05) is 84.5 Å². The fourth-order valence-corrected chi connectivity index (χ4v) is 2.25. The molecular formula is C25H16O. The standard InChI is InChI=1S/C25H16O/c26-25(19-17-22-12-6-2-7-13-22)24(20-23-14-8-3-9-15-23)18-16-21-10-4-1-5-11-21/h1-15,20H/b24-20+. The minimum atomic E-state index is -0.291. The predicted molar refractivity (Wildman–Crippen MR) is 106 cm³/mol. The second kappa shape index (κ2) is 8.88. The molecule has 3 aromatic rings. The van der Waals surface area contributed by atoms with E-state index in [1.54, 1.807) is 6.08 Å². The van der Waals surface area contributed by atoms with Crippen molar-refractivity contribution in [2.24, 2.45) is 0 Å². The topological polar surface area (TPSA) is 17.1 Å². The molecule has 1 nitrogen and oxygen atoms in total. The molecule has 0 unspecified atom stereocenters. The van der Waals surface area contributed by atoms with Crippen molar-refractivity contribution in [2.75, 3.05) is 0 Å². The van der Waals surface area contributed by atoms with E-state index in [1.165, 1.54) is 0 Å². The Morgan fingerprint density at radius 3 is 1.62 bits per heavy atom. The van der Waals surface area contributed by atoms with Gasteiger partial charge in [-0.2, -0.15) is 0 Å². The van der Waals surface area contributed by atoms with E-state index in [2.05, 4.69) is 23.7 Å². The maximum Gasteiger partial charge on any atom is 0.244 e. The molecule has 0 atom stereocenters. The first-order valence-electron chi connectivity index (χ1n) is 8.26. The van der Waals surface area contributed by atoms with Gasteiger partial charge in [-0.05, 0) is 41.8 Å². The highest BCUT2D eigenvalue weighted by Crippen LogP contribution is 2.08. The Morgan fingerprint density at radius 2 is 1.08 bits per heavy atom. The monoisotopic (exact) mass is 332 g/mol. The van der Waals surface area contributed by atoms with Crippen molar-refractivity contribution in [3.8, 4) is 23.7 Å². The summed E-state index contributed by atoms with van der Waals surface area (Å²) in [5, 5.41) is 0. The number of Topliss-reactive ketones (excluding diaryl/α,β-unsaturated/α-hetero) is 1. The van der Waals surface area contributed by atoms with Crippen LogP contribution in [-0.2, 0) is 4.79 Å². The molecule has 0 fully saturated rings. The number of hydrogen-bond acceptors (Lipinski definition) is 1. The van der Waals surface area contributed by atoms with E-state index in [0.29, 0.717) is 5.57 Å². The van der Waals surface area contributed by atoms with Crippen molar-refractivity contribution in [2.45, 2.75) is 0 Å². The molecule has 26 heavy (non-hydrogen) atoms. The highest BCUT2D eigenvalue weighted by molar-refractivity contribution is 6.14. The predicted octanol–water partition coefficient (Wildman–Crippen LogP) is 4.74. The fourth-order valence-electron chi connectivity index (χ4n) is 2.25. The SMILES string of the molecule is O=C(C#Cc1ccccc1)/C(C#Cc1ccccc1)=C/c1ccccc1. The van der Waals surface area contributed by atoms with Gasteiger partial charge in [0, 0.05) is 11.1 Å². The van der Waals surface area contributed by atoms with E-state index in [9.17, 15) is 4.79 Å². The molecule has 3 aromatic carbocycles. The lowest BCUT2D eigenvalue weighted by molar-refractivity contribution is -0.110. The summed E-state index contributed by atoms with van der Waals surface area (Å²) in [4.78, 5) is 12.6. The zero-order valence-electron chi connectivity index (χ0n) is 14.1. The molecule has 1 heteroatoms. The van der Waals surface area contributed by atoms with Crippen LogP contribution in [0.2, 0.25) is 0 Å². The Hall–Kier alpha value is -3.81. The average molecular weight is 332 g/mol.